The lowest BCUT2D eigenvalue weighted by Crippen LogP contribution is -2.48. The van der Waals surface area contributed by atoms with E-state index in [0.29, 0.717) is 43.2 Å². The number of methoxy groups -OCH3 is 1. The third-order valence-corrected chi connectivity index (χ3v) is 5.00. The fraction of sp³-hybridized carbons (Fsp3) is 0.423. The molecule has 8 nitrogen and oxygen atoms in total. The molecule has 34 heavy (non-hydrogen) atoms. The largest absolute Gasteiger partial charge is 0.497 e. The highest BCUT2D eigenvalue weighted by Crippen LogP contribution is 2.18. The monoisotopic (exact) mass is 469 g/mol. The lowest BCUT2D eigenvalue weighted by atomic mass is 10.0. The topological polar surface area (TPSA) is 106 Å². The number of amides is 3. The molecule has 0 aromatic heterocycles. The van der Waals surface area contributed by atoms with E-state index < -0.39 is 11.9 Å². The molecule has 184 valence electrons. The minimum Gasteiger partial charge on any atom is -0.497 e. The van der Waals surface area contributed by atoms with Gasteiger partial charge >= 0.3 is 0 Å². The first-order valence-electron chi connectivity index (χ1n) is 11.6. The Labute approximate surface area is 201 Å². The van der Waals surface area contributed by atoms with Gasteiger partial charge in [0.2, 0.25) is 5.91 Å². The van der Waals surface area contributed by atoms with E-state index in [-0.39, 0.29) is 23.3 Å². The van der Waals surface area contributed by atoms with E-state index >= 15 is 0 Å². The summed E-state index contributed by atoms with van der Waals surface area (Å²) in [7, 11) is 1.55. The summed E-state index contributed by atoms with van der Waals surface area (Å²) in [6.45, 7) is 7.42. The molecule has 0 heterocycles. The Balaban J connectivity index is 2.08. The Hall–Kier alpha value is -3.39. The van der Waals surface area contributed by atoms with E-state index in [4.69, 9.17) is 9.47 Å². The predicted octanol–water partition coefficient (Wildman–Crippen LogP) is 3.63. The molecule has 3 N–H and O–H groups in total. The summed E-state index contributed by atoms with van der Waals surface area (Å²) in [6.07, 6.45) is 1.39. The fourth-order valence-corrected chi connectivity index (χ4v) is 3.28. The highest BCUT2D eigenvalue weighted by atomic mass is 16.5. The fourth-order valence-electron chi connectivity index (χ4n) is 3.28. The Morgan fingerprint density at radius 1 is 0.941 bits per heavy atom. The molecule has 0 aliphatic heterocycles. The van der Waals surface area contributed by atoms with E-state index in [9.17, 15) is 14.4 Å². The minimum atomic E-state index is -0.705. The Morgan fingerprint density at radius 2 is 1.65 bits per heavy atom. The van der Waals surface area contributed by atoms with Crippen molar-refractivity contribution >= 4 is 23.4 Å². The van der Waals surface area contributed by atoms with Crippen LogP contribution in [-0.4, -0.2) is 50.6 Å². The number of rotatable bonds is 13. The van der Waals surface area contributed by atoms with Crippen molar-refractivity contribution in [3.05, 3.63) is 59.7 Å². The molecule has 0 unspecified atom stereocenters. The first kappa shape index (κ1) is 26.9. The van der Waals surface area contributed by atoms with Gasteiger partial charge in [0.25, 0.3) is 11.8 Å². The second-order valence-electron chi connectivity index (χ2n) is 8.29. The molecular weight excluding hydrogens is 434 g/mol. The SMILES string of the molecule is CCCOCCNC(=O)[C@H](CC(C)C)NC(=O)c1ccccc1NC(=O)c1ccc(OC)cc1. The third kappa shape index (κ3) is 8.51. The molecule has 0 radical (unpaired) electrons. The summed E-state index contributed by atoms with van der Waals surface area (Å²) in [5.74, 6) is -0.220. The molecular formula is C26H35N3O5. The van der Waals surface area contributed by atoms with Crippen LogP contribution in [0, 0.1) is 5.92 Å². The number of anilines is 1. The lowest BCUT2D eigenvalue weighted by molar-refractivity contribution is -0.123. The molecule has 3 amide bonds. The number of benzene rings is 2. The van der Waals surface area contributed by atoms with Gasteiger partial charge in [-0.2, -0.15) is 0 Å². The summed E-state index contributed by atoms with van der Waals surface area (Å²) in [6, 6.07) is 12.7. The average molecular weight is 470 g/mol. The van der Waals surface area contributed by atoms with Gasteiger partial charge in [-0.15, -0.1) is 0 Å². The van der Waals surface area contributed by atoms with Crippen molar-refractivity contribution in [2.45, 2.75) is 39.7 Å². The number of hydrogen-bond donors (Lipinski definition) is 3. The first-order chi connectivity index (χ1) is 16.3. The van der Waals surface area contributed by atoms with Crippen molar-refractivity contribution in [3.8, 4) is 5.75 Å². The zero-order chi connectivity index (χ0) is 24.9. The average Bonchev–Trinajstić information content (AvgIpc) is 2.83. The van der Waals surface area contributed by atoms with Gasteiger partial charge in [0.05, 0.1) is 25.0 Å². The summed E-state index contributed by atoms with van der Waals surface area (Å²) in [5.41, 5.74) is 1.06. The van der Waals surface area contributed by atoms with Gasteiger partial charge in [0.15, 0.2) is 0 Å². The maximum Gasteiger partial charge on any atom is 0.255 e. The van der Waals surface area contributed by atoms with Gasteiger partial charge in [0, 0.05) is 18.7 Å². The van der Waals surface area contributed by atoms with Gasteiger partial charge in [-0.25, -0.2) is 0 Å². The molecule has 0 saturated heterocycles. The molecule has 0 spiro atoms. The van der Waals surface area contributed by atoms with Crippen LogP contribution in [0.15, 0.2) is 48.5 Å². The van der Waals surface area contributed by atoms with Crippen molar-refractivity contribution in [2.24, 2.45) is 5.92 Å². The Morgan fingerprint density at radius 3 is 2.29 bits per heavy atom. The zero-order valence-corrected chi connectivity index (χ0v) is 20.4. The summed E-state index contributed by atoms with van der Waals surface area (Å²) >= 11 is 0. The maximum atomic E-state index is 13.1. The van der Waals surface area contributed by atoms with Crippen molar-refractivity contribution in [1.29, 1.82) is 0 Å². The van der Waals surface area contributed by atoms with Crippen LogP contribution in [0.3, 0.4) is 0 Å². The molecule has 2 rings (SSSR count). The zero-order valence-electron chi connectivity index (χ0n) is 20.4. The normalized spacial score (nSPS) is 11.6. The van der Waals surface area contributed by atoms with Crippen molar-refractivity contribution in [1.82, 2.24) is 10.6 Å². The Kier molecular flexibility index (Phi) is 11.1. The molecule has 2 aromatic rings. The predicted molar refractivity (Wildman–Crippen MR) is 132 cm³/mol. The van der Waals surface area contributed by atoms with Crippen LogP contribution in [0.4, 0.5) is 5.69 Å². The Bertz CT molecular complexity index is 944. The molecule has 8 heteroatoms. The van der Waals surface area contributed by atoms with Crippen molar-refractivity contribution < 1.29 is 23.9 Å². The van der Waals surface area contributed by atoms with E-state index in [1.807, 2.05) is 20.8 Å². The van der Waals surface area contributed by atoms with Crippen LogP contribution in [0.2, 0.25) is 0 Å². The summed E-state index contributed by atoms with van der Waals surface area (Å²) in [4.78, 5) is 38.5. The number of nitrogens with one attached hydrogen (secondary N) is 3. The van der Waals surface area contributed by atoms with E-state index in [0.717, 1.165) is 6.42 Å². The standard InChI is InChI=1S/C26H35N3O5/c1-5-15-34-16-14-27-26(32)23(17-18(2)3)29-25(31)21-8-6-7-9-22(21)28-24(30)19-10-12-20(33-4)13-11-19/h6-13,18,23H,5,14-17H2,1-4H3,(H,27,32)(H,28,30)(H,29,31)/t23-/m0/s1. The van der Waals surface area contributed by atoms with E-state index in [1.165, 1.54) is 0 Å². The number of ether oxygens (including phenoxy) is 2. The molecule has 0 saturated carbocycles. The van der Waals surface area contributed by atoms with Crippen LogP contribution < -0.4 is 20.7 Å². The van der Waals surface area contributed by atoms with Crippen LogP contribution in [0.1, 0.15) is 54.3 Å². The molecule has 0 fully saturated rings. The van der Waals surface area contributed by atoms with E-state index in [2.05, 4.69) is 16.0 Å². The third-order valence-electron chi connectivity index (χ3n) is 5.00. The smallest absolute Gasteiger partial charge is 0.255 e. The maximum absolute atomic E-state index is 13.1. The molecule has 0 aliphatic carbocycles. The molecule has 2 aromatic carbocycles. The summed E-state index contributed by atoms with van der Waals surface area (Å²) < 4.78 is 10.5. The van der Waals surface area contributed by atoms with Gasteiger partial charge in [-0.3, -0.25) is 14.4 Å². The number of para-hydroxylation sites is 1. The lowest BCUT2D eigenvalue weighted by Gasteiger charge is -2.21. The van der Waals surface area contributed by atoms with Gasteiger partial charge in [-0.1, -0.05) is 32.9 Å². The molecule has 0 bridgehead atoms. The first-order valence-corrected chi connectivity index (χ1v) is 11.6. The van der Waals surface area contributed by atoms with Crippen LogP contribution >= 0.6 is 0 Å². The second kappa shape index (κ2) is 14.0. The second-order valence-corrected chi connectivity index (χ2v) is 8.29. The number of carbonyl (C=O) groups is 3. The van der Waals surface area contributed by atoms with E-state index in [1.54, 1.807) is 55.6 Å². The van der Waals surface area contributed by atoms with Crippen LogP contribution in [0.25, 0.3) is 0 Å². The van der Waals surface area contributed by atoms with Gasteiger partial charge in [-0.05, 0) is 55.2 Å². The van der Waals surface area contributed by atoms with Gasteiger partial charge in [0.1, 0.15) is 11.8 Å². The van der Waals surface area contributed by atoms with Crippen molar-refractivity contribution in [3.63, 3.8) is 0 Å². The quantitative estimate of drug-likeness (QED) is 0.389. The minimum absolute atomic E-state index is 0.192. The highest BCUT2D eigenvalue weighted by Gasteiger charge is 2.24. The van der Waals surface area contributed by atoms with Crippen molar-refractivity contribution in [2.75, 3.05) is 32.2 Å². The van der Waals surface area contributed by atoms with Crippen LogP contribution in [0.5, 0.6) is 5.75 Å². The van der Waals surface area contributed by atoms with Crippen LogP contribution in [-0.2, 0) is 9.53 Å². The number of hydrogen-bond acceptors (Lipinski definition) is 5. The molecule has 0 aliphatic rings. The molecule has 1 atom stereocenters. The summed E-state index contributed by atoms with van der Waals surface area (Å²) in [5, 5.41) is 8.43. The highest BCUT2D eigenvalue weighted by molar-refractivity contribution is 6.09. The van der Waals surface area contributed by atoms with Gasteiger partial charge < -0.3 is 25.4 Å². The number of carbonyl (C=O) groups excluding carboxylic acids is 3.